The smallest absolute Gasteiger partial charge is 0.307 e. The summed E-state index contributed by atoms with van der Waals surface area (Å²) in [6, 6.07) is 7.06. The number of aromatic nitrogens is 2. The zero-order valence-corrected chi connectivity index (χ0v) is 10.1. The van der Waals surface area contributed by atoms with Crippen LogP contribution in [0.3, 0.4) is 0 Å². The summed E-state index contributed by atoms with van der Waals surface area (Å²) in [7, 11) is 0. The number of carbonyl (C=O) groups is 1. The maximum absolute atomic E-state index is 11.0. The van der Waals surface area contributed by atoms with Gasteiger partial charge < -0.3 is 9.88 Å². The Kier molecular flexibility index (Phi) is 3.34. The van der Waals surface area contributed by atoms with Gasteiger partial charge in [-0.25, -0.2) is 9.78 Å². The number of hydrogen-bond donors (Lipinski definition) is 3. The predicted molar refractivity (Wildman–Crippen MR) is 69.4 cm³/mol. The molecule has 5 nitrogen and oxygen atoms in total. The Labute approximate surface area is 104 Å². The minimum atomic E-state index is -0.362. The van der Waals surface area contributed by atoms with E-state index in [1.165, 1.54) is 0 Å². The number of amides is 2. The summed E-state index contributed by atoms with van der Waals surface area (Å²) in [6.07, 6.45) is 3.68. The topological polar surface area (TPSA) is 59.0 Å². The van der Waals surface area contributed by atoms with Crippen LogP contribution >= 0.6 is 12.8 Å². The molecule has 2 N–H and O–H groups in total. The molecule has 0 aliphatic rings. The summed E-state index contributed by atoms with van der Waals surface area (Å²) in [5.74, 6) is 0. The Morgan fingerprint density at radius 2 is 2.06 bits per heavy atom. The Morgan fingerprint density at radius 3 is 2.59 bits per heavy atom. The Balaban J connectivity index is 2.15. The van der Waals surface area contributed by atoms with Crippen molar-refractivity contribution < 1.29 is 4.79 Å². The van der Waals surface area contributed by atoms with Gasteiger partial charge in [0.05, 0.1) is 12.0 Å². The van der Waals surface area contributed by atoms with Crippen LogP contribution in [-0.2, 0) is 0 Å². The van der Waals surface area contributed by atoms with E-state index in [1.807, 2.05) is 42.0 Å². The number of imidazole rings is 1. The summed E-state index contributed by atoms with van der Waals surface area (Å²) in [5.41, 5.74) is 2.65. The maximum atomic E-state index is 11.0. The van der Waals surface area contributed by atoms with E-state index >= 15 is 0 Å². The number of rotatable bonds is 2. The summed E-state index contributed by atoms with van der Waals surface area (Å²) in [4.78, 5) is 15.2. The molecule has 2 amide bonds. The second kappa shape index (κ2) is 4.92. The molecule has 0 aliphatic heterocycles. The zero-order valence-electron chi connectivity index (χ0n) is 9.21. The van der Waals surface area contributed by atoms with Gasteiger partial charge in [-0.15, -0.1) is 0 Å². The summed E-state index contributed by atoms with van der Waals surface area (Å²) >= 11 is 3.65. The van der Waals surface area contributed by atoms with Crippen LogP contribution in [0.1, 0.15) is 5.69 Å². The van der Waals surface area contributed by atoms with Gasteiger partial charge in [0.1, 0.15) is 0 Å². The van der Waals surface area contributed by atoms with Crippen LogP contribution in [0.25, 0.3) is 5.69 Å². The van der Waals surface area contributed by atoms with Gasteiger partial charge in [0.15, 0.2) is 0 Å². The van der Waals surface area contributed by atoms with Gasteiger partial charge in [-0.1, -0.05) is 12.8 Å². The second-order valence-corrected chi connectivity index (χ2v) is 3.76. The first kappa shape index (κ1) is 11.5. The van der Waals surface area contributed by atoms with Crippen molar-refractivity contribution >= 4 is 24.5 Å². The molecule has 88 valence electrons. The third-order valence-electron chi connectivity index (χ3n) is 2.24. The SMILES string of the molecule is Cc1cn(-c2ccc(NC(=O)NS)cc2)cn1. The van der Waals surface area contributed by atoms with E-state index in [1.54, 1.807) is 6.33 Å². The van der Waals surface area contributed by atoms with Gasteiger partial charge in [0.25, 0.3) is 0 Å². The van der Waals surface area contributed by atoms with Crippen molar-refractivity contribution in [3.05, 3.63) is 42.5 Å². The number of thiol groups is 1. The van der Waals surface area contributed by atoms with Gasteiger partial charge in [-0.3, -0.25) is 4.72 Å². The fraction of sp³-hybridized carbons (Fsp3) is 0.0909. The van der Waals surface area contributed by atoms with Gasteiger partial charge in [0, 0.05) is 17.6 Å². The van der Waals surface area contributed by atoms with E-state index in [0.717, 1.165) is 11.4 Å². The molecule has 0 saturated carbocycles. The van der Waals surface area contributed by atoms with E-state index in [2.05, 4.69) is 27.8 Å². The lowest BCUT2D eigenvalue weighted by atomic mass is 10.3. The van der Waals surface area contributed by atoms with Crippen molar-refractivity contribution in [2.45, 2.75) is 6.92 Å². The lowest BCUT2D eigenvalue weighted by molar-refractivity contribution is 0.257. The molecule has 0 fully saturated rings. The van der Waals surface area contributed by atoms with E-state index in [9.17, 15) is 4.79 Å². The molecule has 1 heterocycles. The molecule has 17 heavy (non-hydrogen) atoms. The molecule has 1 aromatic carbocycles. The van der Waals surface area contributed by atoms with Gasteiger partial charge >= 0.3 is 6.03 Å². The minimum absolute atomic E-state index is 0.362. The molecule has 2 aromatic rings. The van der Waals surface area contributed by atoms with E-state index in [4.69, 9.17) is 0 Å². The number of carbonyl (C=O) groups excluding carboxylic acids is 1. The van der Waals surface area contributed by atoms with Gasteiger partial charge in [-0.2, -0.15) is 0 Å². The van der Waals surface area contributed by atoms with Crippen molar-refractivity contribution in [1.82, 2.24) is 14.3 Å². The van der Waals surface area contributed by atoms with Crippen LogP contribution in [-0.4, -0.2) is 15.6 Å². The molecule has 0 atom stereocenters. The number of urea groups is 1. The number of benzene rings is 1. The van der Waals surface area contributed by atoms with Crippen LogP contribution in [0.5, 0.6) is 0 Å². The first-order valence-corrected chi connectivity index (χ1v) is 5.46. The third kappa shape index (κ3) is 2.79. The average Bonchev–Trinajstić information content (AvgIpc) is 2.77. The average molecular weight is 248 g/mol. The number of nitrogens with one attached hydrogen (secondary N) is 2. The zero-order chi connectivity index (χ0) is 12.3. The maximum Gasteiger partial charge on any atom is 0.329 e. The molecule has 6 heteroatoms. The van der Waals surface area contributed by atoms with Crippen molar-refractivity contribution in [3.63, 3.8) is 0 Å². The Hall–Kier alpha value is -1.95. The highest BCUT2D eigenvalue weighted by molar-refractivity contribution is 7.78. The molecule has 0 unspecified atom stereocenters. The summed E-state index contributed by atoms with van der Waals surface area (Å²) < 4.78 is 4.11. The molecule has 0 radical (unpaired) electrons. The third-order valence-corrected chi connectivity index (χ3v) is 2.44. The molecule has 0 saturated heterocycles. The normalized spacial score (nSPS) is 10.0. The lowest BCUT2D eigenvalue weighted by Gasteiger charge is -2.05. The molecular weight excluding hydrogens is 236 g/mol. The van der Waals surface area contributed by atoms with Crippen molar-refractivity contribution in [3.8, 4) is 5.69 Å². The fourth-order valence-electron chi connectivity index (χ4n) is 1.44. The monoisotopic (exact) mass is 248 g/mol. The Morgan fingerprint density at radius 1 is 1.35 bits per heavy atom. The molecule has 1 aromatic heterocycles. The lowest BCUT2D eigenvalue weighted by Crippen LogP contribution is -2.20. The van der Waals surface area contributed by atoms with Crippen molar-refractivity contribution in [2.75, 3.05) is 5.32 Å². The fourth-order valence-corrected chi connectivity index (χ4v) is 1.49. The highest BCUT2D eigenvalue weighted by atomic mass is 32.1. The predicted octanol–water partition coefficient (Wildman–Crippen LogP) is 2.15. The minimum Gasteiger partial charge on any atom is -0.307 e. The molecule has 0 bridgehead atoms. The number of nitrogens with zero attached hydrogens (tertiary/aromatic N) is 2. The van der Waals surface area contributed by atoms with Gasteiger partial charge in [-0.05, 0) is 31.2 Å². The van der Waals surface area contributed by atoms with Crippen LogP contribution in [0.4, 0.5) is 10.5 Å². The number of hydrogen-bond acceptors (Lipinski definition) is 3. The standard InChI is InChI=1S/C11H12N4OS/c1-8-6-15(7-12-8)10-4-2-9(3-5-10)13-11(16)14-17/h2-7,17H,1H3,(H2,13,14,16). The number of aryl methyl sites for hydroxylation is 1. The summed E-state index contributed by atoms with van der Waals surface area (Å²) in [5, 5.41) is 2.62. The molecule has 0 aliphatic carbocycles. The molecule has 0 spiro atoms. The van der Waals surface area contributed by atoms with E-state index in [0.29, 0.717) is 5.69 Å². The first-order valence-electron chi connectivity index (χ1n) is 5.01. The van der Waals surface area contributed by atoms with Crippen molar-refractivity contribution in [2.24, 2.45) is 0 Å². The molecule has 2 rings (SSSR count). The summed E-state index contributed by atoms with van der Waals surface area (Å²) in [6.45, 7) is 1.93. The quantitative estimate of drug-likeness (QED) is 0.713. The van der Waals surface area contributed by atoms with Crippen LogP contribution in [0, 0.1) is 6.92 Å². The molecular formula is C11H12N4OS. The first-order chi connectivity index (χ1) is 8.19. The highest BCUT2D eigenvalue weighted by Gasteiger charge is 2.00. The van der Waals surface area contributed by atoms with Gasteiger partial charge in [0.2, 0.25) is 0 Å². The van der Waals surface area contributed by atoms with Crippen LogP contribution in [0.15, 0.2) is 36.8 Å². The van der Waals surface area contributed by atoms with E-state index < -0.39 is 0 Å². The number of anilines is 1. The van der Waals surface area contributed by atoms with Crippen LogP contribution in [0.2, 0.25) is 0 Å². The largest absolute Gasteiger partial charge is 0.329 e. The van der Waals surface area contributed by atoms with E-state index in [-0.39, 0.29) is 6.03 Å². The van der Waals surface area contributed by atoms with Crippen molar-refractivity contribution in [1.29, 1.82) is 0 Å². The highest BCUT2D eigenvalue weighted by Crippen LogP contribution is 2.13. The second-order valence-electron chi connectivity index (χ2n) is 3.54. The Bertz CT molecular complexity index is 521. The van der Waals surface area contributed by atoms with Crippen LogP contribution < -0.4 is 10.0 Å².